The summed E-state index contributed by atoms with van der Waals surface area (Å²) in [5, 5.41) is 11.1. The van der Waals surface area contributed by atoms with E-state index in [1.807, 2.05) is 138 Å². The largest absolute Gasteiger partial charge is 0.333 e. The summed E-state index contributed by atoms with van der Waals surface area (Å²) in [4.78, 5) is 105. The molecule has 5 aromatic carbocycles. The van der Waals surface area contributed by atoms with Crippen molar-refractivity contribution in [3.05, 3.63) is 271 Å². The Kier molecular flexibility index (Phi) is 20.3. The first kappa shape index (κ1) is 79.3. The molecule has 4 amide bonds. The van der Waals surface area contributed by atoms with Crippen molar-refractivity contribution in [2.45, 2.75) is 121 Å². The lowest BCUT2D eigenvalue weighted by Gasteiger charge is -2.35. The van der Waals surface area contributed by atoms with Crippen molar-refractivity contribution in [1.82, 2.24) is 81.7 Å². The molecule has 4 saturated carbocycles. The minimum absolute atomic E-state index is 0.0166. The summed E-state index contributed by atoms with van der Waals surface area (Å²) in [6.07, 6.45) is 26.2. The van der Waals surface area contributed by atoms with Crippen LogP contribution >= 0.6 is 58.0 Å². The molecule has 624 valence electrons. The molecule has 11 aromatic heterocycles. The molecule has 0 unspecified atom stereocenters. The molecular formula is C94H74Cl5F2N19O5. The van der Waals surface area contributed by atoms with Crippen LogP contribution in [-0.4, -0.2) is 167 Å². The molecule has 16 heterocycles. The molecule has 24 nitrogen and oxygen atoms in total. The van der Waals surface area contributed by atoms with Crippen LogP contribution in [0.25, 0.3) is 116 Å². The summed E-state index contributed by atoms with van der Waals surface area (Å²) in [7, 11) is 0. The summed E-state index contributed by atoms with van der Waals surface area (Å²) >= 11 is 29.8. The van der Waals surface area contributed by atoms with E-state index in [1.165, 1.54) is 30.6 Å². The van der Waals surface area contributed by atoms with Crippen LogP contribution in [0.3, 0.4) is 0 Å². The number of fused-ring (bicyclic) bond motifs is 15. The Morgan fingerprint density at radius 1 is 0.408 bits per heavy atom. The first-order valence-electron chi connectivity index (χ1n) is 41.6. The van der Waals surface area contributed by atoms with Crippen molar-refractivity contribution < 1.29 is 28.0 Å². The highest BCUT2D eigenvalue weighted by Crippen LogP contribution is 2.46. The predicted molar refractivity (Wildman–Crippen MR) is 480 cm³/mol. The van der Waals surface area contributed by atoms with Crippen molar-refractivity contribution >= 4 is 154 Å². The highest BCUT2D eigenvalue weighted by Gasteiger charge is 2.45. The van der Waals surface area contributed by atoms with E-state index in [4.69, 9.17) is 58.0 Å². The number of hydrogen-bond acceptors (Lipinski definition) is 14. The number of nitrogens with zero attached hydrogens (tertiary/aromatic N) is 19. The van der Waals surface area contributed by atoms with Crippen molar-refractivity contribution in [3.63, 3.8) is 0 Å². The van der Waals surface area contributed by atoms with Crippen LogP contribution in [0.15, 0.2) is 216 Å². The summed E-state index contributed by atoms with van der Waals surface area (Å²) in [5.74, 6) is -0.202. The predicted octanol–water partition coefficient (Wildman–Crippen LogP) is 19.0. The maximum absolute atomic E-state index is 14.0. The summed E-state index contributed by atoms with van der Waals surface area (Å²) in [6.45, 7) is 7.25. The molecular weight excluding hydrogens is 1690 g/mol. The highest BCUT2D eigenvalue weighted by molar-refractivity contribution is 6.32. The number of aromatic nitrogens is 13. The molecule has 25 rings (SSSR count). The fourth-order valence-corrected chi connectivity index (χ4v) is 18.9. The van der Waals surface area contributed by atoms with E-state index in [2.05, 4.69) is 72.1 Å². The summed E-state index contributed by atoms with van der Waals surface area (Å²) in [5.41, 5.74) is 18.3. The van der Waals surface area contributed by atoms with E-state index < -0.39 is 11.6 Å². The number of amides is 4. The molecule has 16 aromatic rings. The van der Waals surface area contributed by atoms with E-state index in [9.17, 15) is 32.8 Å². The van der Waals surface area contributed by atoms with Gasteiger partial charge in [-0.3, -0.25) is 43.5 Å². The highest BCUT2D eigenvalue weighted by atomic mass is 35.5. The van der Waals surface area contributed by atoms with Gasteiger partial charge in [0.2, 0.25) is 0 Å². The number of rotatable bonds is 9. The van der Waals surface area contributed by atoms with Gasteiger partial charge in [0.1, 0.15) is 68.8 Å². The molecule has 125 heavy (non-hydrogen) atoms. The number of halogens is 7. The van der Waals surface area contributed by atoms with Gasteiger partial charge < -0.3 is 42.3 Å². The van der Waals surface area contributed by atoms with Crippen molar-refractivity contribution in [1.29, 1.82) is 0 Å². The van der Waals surface area contributed by atoms with Crippen LogP contribution < -0.4 is 5.56 Å². The quantitative estimate of drug-likeness (QED) is 0.131. The zero-order valence-electron chi connectivity index (χ0n) is 67.0. The fraction of sp³-hybridized carbons (Fsp3) is 0.234. The molecule has 9 aliphatic rings. The standard InChI is InChI=1S/C20H18ClN3O.C19H12ClN5O.C19H16ClN3O.2C18H14ClFN4O/c1-12-11-23-16-3-2-10-22-18(16)17(13-4-6-14(21)7-5-13)19(23)20(25)24(12)15-8-9-15;20-13-5-3-12(4-6-13)16-17-14(2-1-8-21-17)24-10-11-25(19(26)18(16)24)15-7-9-22-23-15;20-13-5-3-12(4-6-13)16-15-2-1-9-21-18(15)23-11-10-22(14-7-8-14)19(24)17(16)23;19-12-4-1-10(7-13(12)20)15-16-14(8-21-9-22-16)24-6-5-23(11-2-3-11)18(25)17(15)24;19-12-4-1-10(9-13(12)20)14-15-17(22-6-5-21-15)24-8-7-23(11-2-3-11)18(25)16(14)24/h2-7,10,12,15H,8-9,11H2,1H3;1-6,8-11H,7H2;1-6,9,14H,7-8,10-11H2;1,4,7-9,11H,2-3,5-6H2;1,4-6,9,11H,2-3,7-8H2/t12-;;;;/m1..../s1. The maximum atomic E-state index is 14.0. The monoisotopic (exact) mass is 1760 g/mol. The summed E-state index contributed by atoms with van der Waals surface area (Å²) < 4.78 is 39.6. The van der Waals surface area contributed by atoms with Gasteiger partial charge in [-0.2, -0.15) is 5.10 Å². The third-order valence-corrected chi connectivity index (χ3v) is 25.9. The number of hydrogen-bond donors (Lipinski definition) is 0. The zero-order chi connectivity index (χ0) is 85.3. The molecule has 0 bridgehead atoms. The van der Waals surface area contributed by atoms with Gasteiger partial charge in [0, 0.05) is 180 Å². The van der Waals surface area contributed by atoms with Gasteiger partial charge in [-0.15, -0.1) is 5.10 Å². The first-order valence-corrected chi connectivity index (χ1v) is 43.4. The molecule has 0 radical (unpaired) electrons. The maximum Gasteiger partial charge on any atom is 0.281 e. The van der Waals surface area contributed by atoms with Crippen LogP contribution in [0.5, 0.6) is 0 Å². The Labute approximate surface area is 737 Å². The Morgan fingerprint density at radius 3 is 1.43 bits per heavy atom. The van der Waals surface area contributed by atoms with Crippen LogP contribution in [0.1, 0.15) is 107 Å². The van der Waals surface area contributed by atoms with E-state index in [0.717, 1.165) is 154 Å². The minimum atomic E-state index is -0.515. The SMILES string of the molecule is C[C@@H]1Cn2c(c(-c3ccc(Cl)cc3)c3ncccc32)C(=O)N1C1CC1.O=C1c2c(-c3ccc(Cl)c(F)c3)c3nccnc3n2CCN1C1CC1.O=C1c2c(-c3ccc(Cl)c(F)c3)c3ncncc3n2CCN1C1CC1.O=C1c2c(-c3ccc(Cl)cc3)c3cccnc3n2CCN1C1CC1.O=c1c2c(-c3ccc(Cl)cc3)c3ncccc3n2ccn1C1=NN=CC1. The van der Waals surface area contributed by atoms with Gasteiger partial charge in [0.15, 0.2) is 5.65 Å². The van der Waals surface area contributed by atoms with Gasteiger partial charge in [0.25, 0.3) is 29.2 Å². The van der Waals surface area contributed by atoms with E-state index in [1.54, 1.807) is 66.3 Å². The first-order chi connectivity index (χ1) is 60.9. The molecule has 31 heteroatoms. The number of carbonyl (C=O) groups is 4. The Bertz CT molecular complexity index is 7100. The second-order valence-electron chi connectivity index (χ2n) is 32.4. The Balaban J connectivity index is 0.0000000956. The number of benzene rings is 5. The lowest BCUT2D eigenvalue weighted by atomic mass is 10.0. The molecule has 0 N–H and O–H groups in total. The van der Waals surface area contributed by atoms with Gasteiger partial charge in [-0.25, -0.2) is 28.7 Å². The molecule has 0 spiro atoms. The Hall–Kier alpha value is -12.9. The fourth-order valence-electron chi connectivity index (χ4n) is 18.3. The van der Waals surface area contributed by atoms with Gasteiger partial charge in [-0.1, -0.05) is 107 Å². The molecule has 1 atom stereocenters. The minimum Gasteiger partial charge on any atom is -0.333 e. The van der Waals surface area contributed by atoms with Crippen LogP contribution in [0, 0.1) is 11.6 Å². The van der Waals surface area contributed by atoms with Gasteiger partial charge in [0.05, 0.1) is 43.8 Å². The molecule has 5 aliphatic heterocycles. The molecule has 4 fully saturated rings. The third-order valence-electron chi connectivity index (χ3n) is 24.6. The van der Waals surface area contributed by atoms with Crippen LogP contribution in [0.2, 0.25) is 25.1 Å². The smallest absolute Gasteiger partial charge is 0.281 e. The van der Waals surface area contributed by atoms with Gasteiger partial charge >= 0.3 is 0 Å². The Morgan fingerprint density at radius 2 is 0.864 bits per heavy atom. The second-order valence-corrected chi connectivity index (χ2v) is 34.5. The van der Waals surface area contributed by atoms with Crippen molar-refractivity contribution in [2.75, 3.05) is 19.6 Å². The average molecular weight is 1770 g/mol. The lowest BCUT2D eigenvalue weighted by Crippen LogP contribution is -2.47. The molecule has 0 saturated heterocycles. The average Bonchev–Trinajstić information content (AvgIpc) is 1.59. The summed E-state index contributed by atoms with van der Waals surface area (Å²) in [6, 6.07) is 45.5. The lowest BCUT2D eigenvalue weighted by molar-refractivity contribution is 0.0598. The van der Waals surface area contributed by atoms with Gasteiger partial charge in [-0.05, 0) is 183 Å². The van der Waals surface area contributed by atoms with E-state index in [-0.39, 0.29) is 45.3 Å². The van der Waals surface area contributed by atoms with Crippen molar-refractivity contribution in [2.24, 2.45) is 10.2 Å². The number of carbonyl (C=O) groups excluding carboxylic acids is 4. The molecule has 4 aliphatic carbocycles. The van der Waals surface area contributed by atoms with E-state index in [0.29, 0.717) is 134 Å². The van der Waals surface area contributed by atoms with Crippen LogP contribution in [0.4, 0.5) is 8.78 Å². The van der Waals surface area contributed by atoms with Crippen molar-refractivity contribution in [3.8, 4) is 55.6 Å². The van der Waals surface area contributed by atoms with Crippen LogP contribution in [-0.2, 0) is 26.2 Å². The third kappa shape index (κ3) is 14.2. The number of pyridine rings is 3. The van der Waals surface area contributed by atoms with E-state index >= 15 is 0 Å². The zero-order valence-corrected chi connectivity index (χ0v) is 70.8. The topological polar surface area (TPSA) is 242 Å². The normalized spacial score (nSPS) is 17.1. The second kappa shape index (κ2) is 32.0.